The molecule has 0 unspecified atom stereocenters. The van der Waals surface area contributed by atoms with Crippen LogP contribution in [0.5, 0.6) is 0 Å². The van der Waals surface area contributed by atoms with Crippen molar-refractivity contribution in [3.63, 3.8) is 0 Å². The molecule has 192 valence electrons. The first kappa shape index (κ1) is 23.0. The molecule has 0 aliphatic carbocycles. The van der Waals surface area contributed by atoms with Gasteiger partial charge in [-0.2, -0.15) is 0 Å². The van der Waals surface area contributed by atoms with Gasteiger partial charge in [0, 0.05) is 57.1 Å². The zero-order valence-electron chi connectivity index (χ0n) is 22.0. The molecule has 0 radical (unpaired) electrons. The molecule has 7 aromatic carbocycles. The van der Waals surface area contributed by atoms with Gasteiger partial charge in [-0.1, -0.05) is 84.9 Å². The minimum atomic E-state index is 1.15. The fourth-order valence-corrected chi connectivity index (χ4v) is 8.62. The number of fused-ring (bicyclic) bond motifs is 9. The summed E-state index contributed by atoms with van der Waals surface area (Å²) in [5.74, 6) is 0. The van der Waals surface area contributed by atoms with Crippen LogP contribution in [0.2, 0.25) is 0 Å². The fraction of sp³-hybridized carbons (Fsp3) is 0. The summed E-state index contributed by atoms with van der Waals surface area (Å²) in [7, 11) is 0. The Morgan fingerprint density at radius 3 is 1.83 bits per heavy atom. The maximum Gasteiger partial charge on any atom is 0.0546 e. The first-order valence-corrected chi connectivity index (χ1v) is 15.5. The number of hydrogen-bond donors (Lipinski definition) is 0. The van der Waals surface area contributed by atoms with Crippen molar-refractivity contribution in [2.75, 3.05) is 4.90 Å². The van der Waals surface area contributed by atoms with E-state index in [1.165, 1.54) is 73.3 Å². The van der Waals surface area contributed by atoms with Crippen LogP contribution in [0.1, 0.15) is 0 Å². The Hall–Kier alpha value is -4.70. The highest BCUT2D eigenvalue weighted by molar-refractivity contribution is 7.26. The highest BCUT2D eigenvalue weighted by atomic mass is 32.1. The van der Waals surface area contributed by atoms with Crippen molar-refractivity contribution in [3.05, 3.63) is 140 Å². The van der Waals surface area contributed by atoms with E-state index in [2.05, 4.69) is 144 Å². The van der Waals surface area contributed by atoms with Crippen molar-refractivity contribution in [1.29, 1.82) is 0 Å². The van der Waals surface area contributed by atoms with E-state index in [1.54, 1.807) is 0 Å². The van der Waals surface area contributed by atoms with E-state index in [-0.39, 0.29) is 0 Å². The Morgan fingerprint density at radius 1 is 0.366 bits per heavy atom. The summed E-state index contributed by atoms with van der Waals surface area (Å²) in [5.41, 5.74) is 3.52. The second-order valence-electron chi connectivity index (χ2n) is 10.6. The minimum Gasteiger partial charge on any atom is -0.310 e. The third kappa shape index (κ3) is 3.53. The van der Waals surface area contributed by atoms with Crippen molar-refractivity contribution in [3.8, 4) is 0 Å². The number of rotatable bonds is 3. The standard InChI is InChI=1S/C38H23NS2/c1-2-10-26(11-3-1)39(27-19-20-30-28-12-4-6-15-34(28)40-36(30)22-27)33-14-8-9-24-17-18-25-21-32-29-13-5-7-16-35(29)41-37(32)23-31(25)38(24)33/h1-23H. The Bertz CT molecular complexity index is 2430. The summed E-state index contributed by atoms with van der Waals surface area (Å²) in [6.07, 6.45) is 0. The van der Waals surface area contributed by atoms with Crippen LogP contribution in [0.4, 0.5) is 17.1 Å². The van der Waals surface area contributed by atoms with Crippen molar-refractivity contribution in [2.45, 2.75) is 0 Å². The first-order valence-electron chi connectivity index (χ1n) is 13.9. The molecular weight excluding hydrogens is 535 g/mol. The van der Waals surface area contributed by atoms with Crippen LogP contribution in [0.15, 0.2) is 140 Å². The van der Waals surface area contributed by atoms with Gasteiger partial charge in [0.2, 0.25) is 0 Å². The molecule has 0 bridgehead atoms. The van der Waals surface area contributed by atoms with Crippen LogP contribution in [0.3, 0.4) is 0 Å². The highest BCUT2D eigenvalue weighted by Crippen LogP contribution is 2.45. The van der Waals surface area contributed by atoms with Gasteiger partial charge >= 0.3 is 0 Å². The lowest BCUT2D eigenvalue weighted by atomic mass is 9.97. The van der Waals surface area contributed by atoms with Gasteiger partial charge < -0.3 is 4.90 Å². The second-order valence-corrected chi connectivity index (χ2v) is 12.7. The van der Waals surface area contributed by atoms with Gasteiger partial charge in [-0.15, -0.1) is 22.7 Å². The van der Waals surface area contributed by atoms with Crippen molar-refractivity contribution < 1.29 is 0 Å². The molecule has 2 heterocycles. The third-order valence-electron chi connectivity index (χ3n) is 8.21. The average Bonchev–Trinajstić information content (AvgIpc) is 3.58. The third-order valence-corrected chi connectivity index (χ3v) is 10.5. The molecule has 3 heteroatoms. The van der Waals surface area contributed by atoms with E-state index in [0.29, 0.717) is 0 Å². The quantitative estimate of drug-likeness (QED) is 0.195. The number of hydrogen-bond acceptors (Lipinski definition) is 3. The average molecular weight is 558 g/mol. The number of anilines is 3. The largest absolute Gasteiger partial charge is 0.310 e. The number of thiophene rings is 2. The monoisotopic (exact) mass is 557 g/mol. The predicted octanol–water partition coefficient (Wildman–Crippen LogP) is 12.2. The van der Waals surface area contributed by atoms with Crippen LogP contribution >= 0.6 is 22.7 Å². The van der Waals surface area contributed by atoms with E-state index in [1.807, 2.05) is 22.7 Å². The molecule has 9 aromatic rings. The molecule has 2 aromatic heterocycles. The zero-order valence-corrected chi connectivity index (χ0v) is 23.7. The minimum absolute atomic E-state index is 1.15. The summed E-state index contributed by atoms with van der Waals surface area (Å²) in [5, 5.41) is 10.4. The van der Waals surface area contributed by atoms with Crippen molar-refractivity contribution in [1.82, 2.24) is 0 Å². The summed E-state index contributed by atoms with van der Waals surface area (Å²) in [6.45, 7) is 0. The summed E-state index contributed by atoms with van der Waals surface area (Å²) in [4.78, 5) is 2.43. The number of nitrogens with zero attached hydrogens (tertiary/aromatic N) is 1. The van der Waals surface area contributed by atoms with Gasteiger partial charge in [0.25, 0.3) is 0 Å². The van der Waals surface area contributed by atoms with E-state index >= 15 is 0 Å². The van der Waals surface area contributed by atoms with Gasteiger partial charge in [-0.05, 0) is 70.8 Å². The number of para-hydroxylation sites is 1. The van der Waals surface area contributed by atoms with Gasteiger partial charge in [-0.25, -0.2) is 0 Å². The van der Waals surface area contributed by atoms with Crippen LogP contribution < -0.4 is 4.90 Å². The normalized spacial score (nSPS) is 11.9. The van der Waals surface area contributed by atoms with Gasteiger partial charge in [0.05, 0.1) is 5.69 Å². The maximum absolute atomic E-state index is 2.43. The predicted molar refractivity (Wildman–Crippen MR) is 182 cm³/mol. The Kier molecular flexibility index (Phi) is 5.00. The summed E-state index contributed by atoms with van der Waals surface area (Å²) in [6, 6.07) is 51.2. The Balaban J connectivity index is 1.35. The molecule has 0 aliphatic heterocycles. The first-order chi connectivity index (χ1) is 20.3. The van der Waals surface area contributed by atoms with Crippen LogP contribution in [0.25, 0.3) is 61.9 Å². The van der Waals surface area contributed by atoms with Gasteiger partial charge in [-0.3, -0.25) is 0 Å². The zero-order chi connectivity index (χ0) is 26.9. The van der Waals surface area contributed by atoms with Gasteiger partial charge in [0.15, 0.2) is 0 Å². The molecule has 1 nitrogen and oxygen atoms in total. The van der Waals surface area contributed by atoms with E-state index in [4.69, 9.17) is 0 Å². The van der Waals surface area contributed by atoms with Crippen LogP contribution in [-0.4, -0.2) is 0 Å². The van der Waals surface area contributed by atoms with Crippen molar-refractivity contribution >= 4 is 102 Å². The molecule has 0 amide bonds. The molecular formula is C38H23NS2. The lowest BCUT2D eigenvalue weighted by Gasteiger charge is -2.27. The van der Waals surface area contributed by atoms with Crippen LogP contribution in [0, 0.1) is 0 Å². The maximum atomic E-state index is 2.43. The van der Waals surface area contributed by atoms with E-state index in [9.17, 15) is 0 Å². The summed E-state index contributed by atoms with van der Waals surface area (Å²) < 4.78 is 5.31. The molecule has 0 aliphatic rings. The molecule has 0 fully saturated rings. The van der Waals surface area contributed by atoms with Crippen LogP contribution in [-0.2, 0) is 0 Å². The number of benzene rings is 7. The SMILES string of the molecule is c1ccc(N(c2ccc3c(c2)sc2ccccc23)c2cccc3ccc4cc5c(cc4c23)sc2ccccc25)cc1. The van der Waals surface area contributed by atoms with Crippen molar-refractivity contribution in [2.24, 2.45) is 0 Å². The molecule has 0 saturated heterocycles. The molecule has 0 atom stereocenters. The summed E-state index contributed by atoms with van der Waals surface area (Å²) >= 11 is 3.75. The van der Waals surface area contributed by atoms with Gasteiger partial charge in [0.1, 0.15) is 0 Å². The molecule has 0 spiro atoms. The lowest BCUT2D eigenvalue weighted by molar-refractivity contribution is 1.31. The Morgan fingerprint density at radius 2 is 1.02 bits per heavy atom. The molecule has 9 rings (SSSR count). The van der Waals surface area contributed by atoms with E-state index < -0.39 is 0 Å². The molecule has 41 heavy (non-hydrogen) atoms. The highest BCUT2D eigenvalue weighted by Gasteiger charge is 2.19. The lowest BCUT2D eigenvalue weighted by Crippen LogP contribution is -2.10. The Labute approximate surface area is 245 Å². The van der Waals surface area contributed by atoms with E-state index in [0.717, 1.165) is 5.69 Å². The topological polar surface area (TPSA) is 3.24 Å². The smallest absolute Gasteiger partial charge is 0.0546 e. The fourth-order valence-electron chi connectivity index (χ4n) is 6.36. The molecule has 0 saturated carbocycles. The second kappa shape index (κ2) is 8.90. The molecule has 0 N–H and O–H groups in total.